The summed E-state index contributed by atoms with van der Waals surface area (Å²) >= 11 is 0. The number of para-hydroxylation sites is 1. The van der Waals surface area contributed by atoms with Crippen LogP contribution in [-0.4, -0.2) is 29.8 Å². The van der Waals surface area contributed by atoms with E-state index in [1.807, 2.05) is 11.0 Å². The van der Waals surface area contributed by atoms with Crippen LogP contribution in [0, 0.1) is 5.82 Å². The first-order valence-electron chi connectivity index (χ1n) is 6.87. The minimum Gasteiger partial charge on any atom is -0.388 e. The minimum atomic E-state index is -0.717. The van der Waals surface area contributed by atoms with Crippen molar-refractivity contribution in [3.05, 3.63) is 29.6 Å². The lowest BCUT2D eigenvalue weighted by atomic mass is 10.1. The molecule has 0 aliphatic carbocycles. The maximum absolute atomic E-state index is 14.1. The Morgan fingerprint density at radius 1 is 1.47 bits per heavy atom. The molecule has 19 heavy (non-hydrogen) atoms. The van der Waals surface area contributed by atoms with Gasteiger partial charge in [0.05, 0.1) is 11.3 Å². The number of anilines is 1. The van der Waals surface area contributed by atoms with E-state index >= 15 is 0 Å². The van der Waals surface area contributed by atoms with Crippen LogP contribution in [-0.2, 0) is 6.54 Å². The van der Waals surface area contributed by atoms with Gasteiger partial charge in [-0.05, 0) is 25.0 Å². The Bertz CT molecular complexity index is 446. The molecule has 3 nitrogen and oxygen atoms in total. The molecule has 1 aromatic carbocycles. The number of rotatable bonds is 4. The van der Waals surface area contributed by atoms with Crippen molar-refractivity contribution < 1.29 is 9.50 Å². The lowest BCUT2D eigenvalue weighted by molar-refractivity contribution is 0.0839. The topological polar surface area (TPSA) is 35.5 Å². The largest absolute Gasteiger partial charge is 0.388 e. The number of halogens is 1. The van der Waals surface area contributed by atoms with Gasteiger partial charge in [-0.2, -0.15) is 0 Å². The lowest BCUT2D eigenvalue weighted by Crippen LogP contribution is -2.31. The summed E-state index contributed by atoms with van der Waals surface area (Å²) in [4.78, 5) is 1.95. The van der Waals surface area contributed by atoms with Crippen LogP contribution >= 0.6 is 0 Å². The van der Waals surface area contributed by atoms with Gasteiger partial charge >= 0.3 is 0 Å². The third kappa shape index (κ3) is 3.45. The zero-order valence-electron chi connectivity index (χ0n) is 11.9. The normalized spacial score (nSPS) is 23.4. The Balaban J connectivity index is 2.23. The Kier molecular flexibility index (Phi) is 4.11. The minimum absolute atomic E-state index is 0.208. The molecular weight excluding hydrogens is 243 g/mol. The van der Waals surface area contributed by atoms with E-state index in [0.29, 0.717) is 37.8 Å². The molecule has 1 heterocycles. The standard InChI is InChI=1S/C15H23FN2O/c1-11(2)17-9-12-5-4-6-13(16)14(12)18-8-7-15(3,19)10-18/h4-6,11,17,19H,7-10H2,1-3H3. The van der Waals surface area contributed by atoms with Crippen molar-refractivity contribution in [1.82, 2.24) is 5.32 Å². The summed E-state index contributed by atoms with van der Waals surface area (Å²) in [5, 5.41) is 13.4. The highest BCUT2D eigenvalue weighted by Crippen LogP contribution is 2.31. The monoisotopic (exact) mass is 266 g/mol. The number of aliphatic hydroxyl groups is 1. The average molecular weight is 266 g/mol. The zero-order valence-corrected chi connectivity index (χ0v) is 11.9. The summed E-state index contributed by atoms with van der Waals surface area (Å²) in [7, 11) is 0. The summed E-state index contributed by atoms with van der Waals surface area (Å²) in [5.41, 5.74) is 0.866. The number of nitrogens with one attached hydrogen (secondary N) is 1. The van der Waals surface area contributed by atoms with Gasteiger partial charge in [-0.15, -0.1) is 0 Å². The molecule has 0 aromatic heterocycles. The molecule has 2 rings (SSSR count). The molecule has 1 aliphatic heterocycles. The van der Waals surface area contributed by atoms with E-state index in [2.05, 4.69) is 19.2 Å². The maximum atomic E-state index is 14.1. The van der Waals surface area contributed by atoms with Gasteiger partial charge in [-0.1, -0.05) is 26.0 Å². The first-order chi connectivity index (χ1) is 8.89. The molecule has 1 aromatic rings. The molecular formula is C15H23FN2O. The molecule has 1 unspecified atom stereocenters. The second kappa shape index (κ2) is 5.47. The van der Waals surface area contributed by atoms with E-state index in [1.165, 1.54) is 6.07 Å². The Hall–Kier alpha value is -1.13. The molecule has 1 aliphatic rings. The first-order valence-corrected chi connectivity index (χ1v) is 6.87. The fourth-order valence-corrected chi connectivity index (χ4v) is 2.51. The molecule has 4 heteroatoms. The quantitative estimate of drug-likeness (QED) is 0.877. The van der Waals surface area contributed by atoms with Crippen molar-refractivity contribution in [1.29, 1.82) is 0 Å². The summed E-state index contributed by atoms with van der Waals surface area (Å²) in [5.74, 6) is -0.208. The van der Waals surface area contributed by atoms with Crippen LogP contribution in [0.2, 0.25) is 0 Å². The van der Waals surface area contributed by atoms with Crippen molar-refractivity contribution in [3.8, 4) is 0 Å². The molecule has 1 saturated heterocycles. The summed E-state index contributed by atoms with van der Waals surface area (Å²) < 4.78 is 14.1. The Labute approximate surface area is 114 Å². The van der Waals surface area contributed by atoms with Gasteiger partial charge in [-0.3, -0.25) is 0 Å². The van der Waals surface area contributed by atoms with Crippen LogP contribution in [0.25, 0.3) is 0 Å². The van der Waals surface area contributed by atoms with Gasteiger partial charge in [-0.25, -0.2) is 4.39 Å². The van der Waals surface area contributed by atoms with E-state index in [-0.39, 0.29) is 5.82 Å². The number of benzene rings is 1. The van der Waals surface area contributed by atoms with Gasteiger partial charge in [0.2, 0.25) is 0 Å². The second-order valence-electron chi connectivity index (χ2n) is 5.95. The molecule has 2 N–H and O–H groups in total. The van der Waals surface area contributed by atoms with Crippen LogP contribution in [0.15, 0.2) is 18.2 Å². The molecule has 0 spiro atoms. The van der Waals surface area contributed by atoms with E-state index in [9.17, 15) is 9.50 Å². The fraction of sp³-hybridized carbons (Fsp3) is 0.600. The van der Waals surface area contributed by atoms with Crippen LogP contribution in [0.3, 0.4) is 0 Å². The van der Waals surface area contributed by atoms with Crippen LogP contribution in [0.1, 0.15) is 32.8 Å². The summed E-state index contributed by atoms with van der Waals surface area (Å²) in [6.07, 6.45) is 0.679. The lowest BCUT2D eigenvalue weighted by Gasteiger charge is -2.24. The van der Waals surface area contributed by atoms with Crippen molar-refractivity contribution >= 4 is 5.69 Å². The highest BCUT2D eigenvalue weighted by molar-refractivity contribution is 5.56. The predicted molar refractivity (Wildman–Crippen MR) is 75.8 cm³/mol. The molecule has 0 bridgehead atoms. The number of hydrogen-bond acceptors (Lipinski definition) is 3. The average Bonchev–Trinajstić information content (AvgIpc) is 2.66. The smallest absolute Gasteiger partial charge is 0.146 e. The van der Waals surface area contributed by atoms with Crippen LogP contribution < -0.4 is 10.2 Å². The van der Waals surface area contributed by atoms with E-state index in [1.54, 1.807) is 13.0 Å². The number of nitrogens with zero attached hydrogens (tertiary/aromatic N) is 1. The predicted octanol–water partition coefficient (Wildman–Crippen LogP) is 2.28. The van der Waals surface area contributed by atoms with Gasteiger partial charge < -0.3 is 15.3 Å². The van der Waals surface area contributed by atoms with Crippen LogP contribution in [0.4, 0.5) is 10.1 Å². The highest BCUT2D eigenvalue weighted by atomic mass is 19.1. The SMILES string of the molecule is CC(C)NCc1cccc(F)c1N1CCC(C)(O)C1. The molecule has 0 saturated carbocycles. The Morgan fingerprint density at radius 3 is 2.79 bits per heavy atom. The molecule has 1 atom stereocenters. The fourth-order valence-electron chi connectivity index (χ4n) is 2.51. The van der Waals surface area contributed by atoms with E-state index in [0.717, 1.165) is 5.56 Å². The van der Waals surface area contributed by atoms with Gasteiger partial charge in [0.1, 0.15) is 5.82 Å². The van der Waals surface area contributed by atoms with Crippen molar-refractivity contribution in [2.75, 3.05) is 18.0 Å². The van der Waals surface area contributed by atoms with Gasteiger partial charge in [0.15, 0.2) is 0 Å². The van der Waals surface area contributed by atoms with Crippen LogP contribution in [0.5, 0.6) is 0 Å². The van der Waals surface area contributed by atoms with Crippen molar-refractivity contribution in [2.24, 2.45) is 0 Å². The van der Waals surface area contributed by atoms with Gasteiger partial charge in [0.25, 0.3) is 0 Å². The molecule has 1 fully saturated rings. The highest BCUT2D eigenvalue weighted by Gasteiger charge is 2.33. The van der Waals surface area contributed by atoms with Gasteiger partial charge in [0, 0.05) is 25.7 Å². The third-order valence-electron chi connectivity index (χ3n) is 3.54. The first kappa shape index (κ1) is 14.3. The van der Waals surface area contributed by atoms with E-state index in [4.69, 9.17) is 0 Å². The summed E-state index contributed by atoms with van der Waals surface area (Å²) in [6, 6.07) is 5.53. The molecule has 106 valence electrons. The maximum Gasteiger partial charge on any atom is 0.146 e. The second-order valence-corrected chi connectivity index (χ2v) is 5.95. The molecule has 0 amide bonds. The zero-order chi connectivity index (χ0) is 14.0. The molecule has 0 radical (unpaired) electrons. The Morgan fingerprint density at radius 2 is 2.21 bits per heavy atom. The number of β-amino-alcohol motifs (C(OH)–C–C–N with tert-alkyl or cyclic N) is 1. The van der Waals surface area contributed by atoms with Crippen molar-refractivity contribution in [2.45, 2.75) is 45.4 Å². The van der Waals surface area contributed by atoms with E-state index < -0.39 is 5.60 Å². The third-order valence-corrected chi connectivity index (χ3v) is 3.54. The number of hydrogen-bond donors (Lipinski definition) is 2. The summed E-state index contributed by atoms with van der Waals surface area (Å²) in [6.45, 7) is 7.77. The van der Waals surface area contributed by atoms with Crippen molar-refractivity contribution in [3.63, 3.8) is 0 Å².